The van der Waals surface area contributed by atoms with E-state index in [1.54, 1.807) is 29.0 Å². The molecule has 0 bridgehead atoms. The quantitative estimate of drug-likeness (QED) is 0.871. The number of carbonyl (C=O) groups excluding carboxylic acids is 1. The van der Waals surface area contributed by atoms with Gasteiger partial charge in [-0.15, -0.1) is 5.10 Å². The second-order valence-electron chi connectivity index (χ2n) is 5.60. The van der Waals surface area contributed by atoms with Crippen molar-refractivity contribution in [1.82, 2.24) is 29.9 Å². The van der Waals surface area contributed by atoms with Gasteiger partial charge in [0, 0.05) is 39.4 Å². The summed E-state index contributed by atoms with van der Waals surface area (Å²) in [4.78, 5) is 25.1. The van der Waals surface area contributed by atoms with Crippen molar-refractivity contribution in [1.29, 1.82) is 0 Å². The Hall–Kier alpha value is -2.71. The lowest BCUT2D eigenvalue weighted by molar-refractivity contribution is 0.208. The Labute approximate surface area is 134 Å². The van der Waals surface area contributed by atoms with E-state index in [2.05, 4.69) is 30.5 Å². The van der Waals surface area contributed by atoms with Gasteiger partial charge in [0.1, 0.15) is 5.82 Å². The number of carbonyl (C=O) groups is 1. The smallest absolute Gasteiger partial charge is 0.323 e. The molecule has 0 saturated carbocycles. The van der Waals surface area contributed by atoms with Crippen molar-refractivity contribution in [3.8, 4) is 0 Å². The second kappa shape index (κ2) is 6.19. The van der Waals surface area contributed by atoms with Gasteiger partial charge >= 0.3 is 6.03 Å². The molecule has 2 amide bonds. The number of piperazine rings is 1. The molecule has 0 atom stereocenters. The Balaban J connectivity index is 1.59. The minimum Gasteiger partial charge on any atom is -0.352 e. The fraction of sp³-hybridized carbons (Fsp3) is 0.500. The highest BCUT2D eigenvalue weighted by Crippen LogP contribution is 2.17. The van der Waals surface area contributed by atoms with Gasteiger partial charge < -0.3 is 9.80 Å². The van der Waals surface area contributed by atoms with Crippen LogP contribution in [0.4, 0.5) is 16.4 Å². The van der Waals surface area contributed by atoms with Crippen LogP contribution in [0, 0.1) is 13.8 Å². The predicted octanol–water partition coefficient (Wildman–Crippen LogP) is 0.576. The maximum Gasteiger partial charge on any atom is 0.323 e. The van der Waals surface area contributed by atoms with E-state index >= 15 is 0 Å². The molecule has 9 heteroatoms. The normalized spacial score (nSPS) is 14.9. The Morgan fingerprint density at radius 3 is 2.61 bits per heavy atom. The number of urea groups is 1. The van der Waals surface area contributed by atoms with Gasteiger partial charge in [-0.1, -0.05) is 5.21 Å². The Bertz CT molecular complexity index is 705. The monoisotopic (exact) mass is 316 g/mol. The minimum absolute atomic E-state index is 0.155. The van der Waals surface area contributed by atoms with E-state index in [1.807, 2.05) is 13.8 Å². The van der Waals surface area contributed by atoms with Crippen molar-refractivity contribution in [2.24, 2.45) is 7.05 Å². The first kappa shape index (κ1) is 15.2. The first-order valence-corrected chi connectivity index (χ1v) is 7.50. The summed E-state index contributed by atoms with van der Waals surface area (Å²) in [7, 11) is 1.76. The summed E-state index contributed by atoms with van der Waals surface area (Å²) in [6.07, 6.45) is 3.43. The first-order chi connectivity index (χ1) is 11.0. The summed E-state index contributed by atoms with van der Waals surface area (Å²) < 4.78 is 1.55. The number of nitrogens with one attached hydrogen (secondary N) is 1. The van der Waals surface area contributed by atoms with Crippen LogP contribution in [0.2, 0.25) is 0 Å². The molecule has 9 nitrogen and oxygen atoms in total. The first-order valence-electron chi connectivity index (χ1n) is 7.50. The molecule has 2 aromatic rings. The molecule has 1 N–H and O–H groups in total. The molecule has 3 heterocycles. The van der Waals surface area contributed by atoms with Gasteiger partial charge in [0.15, 0.2) is 5.82 Å². The average molecular weight is 316 g/mol. The van der Waals surface area contributed by atoms with Crippen LogP contribution in [0.15, 0.2) is 12.4 Å². The van der Waals surface area contributed by atoms with E-state index < -0.39 is 0 Å². The van der Waals surface area contributed by atoms with Crippen LogP contribution in [0.5, 0.6) is 0 Å². The molecule has 0 aromatic carbocycles. The molecule has 1 fully saturated rings. The predicted molar refractivity (Wildman–Crippen MR) is 85.3 cm³/mol. The van der Waals surface area contributed by atoms with Gasteiger partial charge in [0.2, 0.25) is 0 Å². The number of amides is 2. The number of hydrogen-bond donors (Lipinski definition) is 1. The molecule has 122 valence electrons. The molecule has 1 saturated heterocycles. The maximum absolute atomic E-state index is 12.2. The Morgan fingerprint density at radius 1 is 1.22 bits per heavy atom. The van der Waals surface area contributed by atoms with Crippen LogP contribution in [-0.4, -0.2) is 62.1 Å². The number of anilines is 2. The summed E-state index contributed by atoms with van der Waals surface area (Å²) in [6, 6.07) is -0.155. The van der Waals surface area contributed by atoms with E-state index in [1.165, 1.54) is 0 Å². The van der Waals surface area contributed by atoms with Crippen molar-refractivity contribution >= 4 is 17.7 Å². The Morgan fingerprint density at radius 2 is 1.96 bits per heavy atom. The zero-order valence-corrected chi connectivity index (χ0v) is 13.5. The van der Waals surface area contributed by atoms with E-state index in [0.717, 1.165) is 30.3 Å². The molecule has 2 aromatic heterocycles. The van der Waals surface area contributed by atoms with Gasteiger partial charge in [-0.05, 0) is 13.8 Å². The fourth-order valence-corrected chi connectivity index (χ4v) is 2.54. The largest absolute Gasteiger partial charge is 0.352 e. The van der Waals surface area contributed by atoms with Crippen LogP contribution in [0.1, 0.15) is 11.4 Å². The molecule has 23 heavy (non-hydrogen) atoms. The summed E-state index contributed by atoms with van der Waals surface area (Å²) in [5.41, 5.74) is 1.81. The van der Waals surface area contributed by atoms with Crippen LogP contribution >= 0.6 is 0 Å². The lowest BCUT2D eigenvalue weighted by Crippen LogP contribution is -2.50. The molecular formula is C14H20N8O. The zero-order valence-electron chi connectivity index (χ0n) is 13.5. The van der Waals surface area contributed by atoms with Crippen LogP contribution in [-0.2, 0) is 7.05 Å². The minimum atomic E-state index is -0.155. The van der Waals surface area contributed by atoms with Crippen LogP contribution in [0.3, 0.4) is 0 Å². The average Bonchev–Trinajstić information content (AvgIpc) is 2.95. The Kier molecular flexibility index (Phi) is 4.09. The van der Waals surface area contributed by atoms with Crippen molar-refractivity contribution in [2.45, 2.75) is 13.8 Å². The highest BCUT2D eigenvalue weighted by atomic mass is 16.2. The lowest BCUT2D eigenvalue weighted by Gasteiger charge is -2.35. The number of hydrogen-bond acceptors (Lipinski definition) is 6. The van der Waals surface area contributed by atoms with Gasteiger partial charge in [-0.25, -0.2) is 9.78 Å². The molecule has 0 radical (unpaired) electrons. The molecule has 0 spiro atoms. The summed E-state index contributed by atoms with van der Waals surface area (Å²) in [5.74, 6) is 1.36. The number of aromatic nitrogens is 5. The van der Waals surface area contributed by atoms with Crippen molar-refractivity contribution in [3.63, 3.8) is 0 Å². The zero-order chi connectivity index (χ0) is 16.4. The second-order valence-corrected chi connectivity index (χ2v) is 5.60. The third-order valence-electron chi connectivity index (χ3n) is 3.75. The van der Waals surface area contributed by atoms with Gasteiger partial charge in [-0.2, -0.15) is 0 Å². The highest BCUT2D eigenvalue weighted by molar-refractivity contribution is 5.88. The highest BCUT2D eigenvalue weighted by Gasteiger charge is 2.23. The molecule has 1 aliphatic rings. The third-order valence-corrected chi connectivity index (χ3v) is 3.75. The molecule has 0 unspecified atom stereocenters. The van der Waals surface area contributed by atoms with Gasteiger partial charge in [0.25, 0.3) is 0 Å². The van der Waals surface area contributed by atoms with Crippen molar-refractivity contribution in [2.75, 3.05) is 36.4 Å². The fourth-order valence-electron chi connectivity index (χ4n) is 2.54. The molecule has 1 aliphatic heterocycles. The van der Waals surface area contributed by atoms with Crippen LogP contribution < -0.4 is 10.2 Å². The van der Waals surface area contributed by atoms with Crippen molar-refractivity contribution < 1.29 is 4.79 Å². The van der Waals surface area contributed by atoms with Crippen LogP contribution in [0.25, 0.3) is 0 Å². The maximum atomic E-state index is 12.2. The van der Waals surface area contributed by atoms with Gasteiger partial charge in [0.05, 0.1) is 17.6 Å². The number of rotatable bonds is 2. The molecule has 0 aliphatic carbocycles. The van der Waals surface area contributed by atoms with E-state index in [4.69, 9.17) is 0 Å². The van der Waals surface area contributed by atoms with Gasteiger partial charge in [-0.3, -0.25) is 15.0 Å². The molecular weight excluding hydrogens is 296 g/mol. The van der Waals surface area contributed by atoms with E-state index in [9.17, 15) is 4.79 Å². The SMILES string of the molecule is Cc1cnc(C)c(N2CCN(C(=O)Nc3cn(C)nn3)CC2)n1. The topological polar surface area (TPSA) is 92.1 Å². The van der Waals surface area contributed by atoms with E-state index in [0.29, 0.717) is 18.9 Å². The van der Waals surface area contributed by atoms with E-state index in [-0.39, 0.29) is 6.03 Å². The summed E-state index contributed by atoms with van der Waals surface area (Å²) in [6.45, 7) is 6.59. The molecule has 3 rings (SSSR count). The lowest BCUT2D eigenvalue weighted by atomic mass is 10.3. The summed E-state index contributed by atoms with van der Waals surface area (Å²) in [5, 5.41) is 10.4. The van der Waals surface area contributed by atoms with Crippen molar-refractivity contribution in [3.05, 3.63) is 23.8 Å². The number of aryl methyl sites for hydroxylation is 3. The summed E-state index contributed by atoms with van der Waals surface area (Å²) >= 11 is 0. The number of nitrogens with zero attached hydrogens (tertiary/aromatic N) is 7. The standard InChI is InChI=1S/C14H20N8O/c1-10-8-15-11(2)13(16-10)21-4-6-22(7-5-21)14(23)17-12-9-20(3)19-18-12/h8-9H,4-7H2,1-3H3,(H,17,23). The third kappa shape index (κ3) is 3.38.